The van der Waals surface area contributed by atoms with Gasteiger partial charge >= 0.3 is 6.03 Å². The molecular weight excluding hydrogens is 325 g/mol. The molecule has 1 aliphatic heterocycles. The molecule has 1 fully saturated rings. The van der Waals surface area contributed by atoms with E-state index in [4.69, 9.17) is 4.74 Å². The number of piperazine rings is 1. The van der Waals surface area contributed by atoms with Crippen LogP contribution in [0.4, 0.5) is 20.7 Å². The van der Waals surface area contributed by atoms with E-state index in [0.717, 1.165) is 5.82 Å². The molecule has 1 aromatic carbocycles. The molecule has 7 nitrogen and oxygen atoms in total. The lowest BCUT2D eigenvalue weighted by molar-refractivity contribution is 0.208. The average Bonchev–Trinajstić information content (AvgIpc) is 2.63. The molecule has 25 heavy (non-hydrogen) atoms. The molecule has 2 amide bonds. The number of methoxy groups -OCH3 is 1. The predicted molar refractivity (Wildman–Crippen MR) is 92.5 cm³/mol. The number of benzene rings is 1. The Morgan fingerprint density at radius 2 is 1.92 bits per heavy atom. The van der Waals surface area contributed by atoms with Crippen LogP contribution in [0.15, 0.2) is 30.3 Å². The van der Waals surface area contributed by atoms with Crippen LogP contribution in [0, 0.1) is 12.7 Å². The highest BCUT2D eigenvalue weighted by Crippen LogP contribution is 2.19. The van der Waals surface area contributed by atoms with E-state index in [-0.39, 0.29) is 11.7 Å². The van der Waals surface area contributed by atoms with Gasteiger partial charge in [-0.05, 0) is 19.1 Å². The van der Waals surface area contributed by atoms with Crippen molar-refractivity contribution < 1.29 is 13.9 Å². The number of hydrogen-bond acceptors (Lipinski definition) is 5. The molecule has 1 aliphatic rings. The Morgan fingerprint density at radius 3 is 2.60 bits per heavy atom. The third-order valence-corrected chi connectivity index (χ3v) is 4.02. The summed E-state index contributed by atoms with van der Waals surface area (Å²) in [5.74, 6) is 1.48. The molecule has 3 rings (SSSR count). The summed E-state index contributed by atoms with van der Waals surface area (Å²) in [5.41, 5.74) is 0.186. The lowest BCUT2D eigenvalue weighted by atomic mass is 10.3. The molecule has 0 aliphatic carbocycles. The first-order valence-electron chi connectivity index (χ1n) is 8.02. The second-order valence-corrected chi connectivity index (χ2v) is 5.70. The zero-order valence-corrected chi connectivity index (χ0v) is 14.2. The van der Waals surface area contributed by atoms with Crippen molar-refractivity contribution >= 4 is 17.5 Å². The van der Waals surface area contributed by atoms with Crippen LogP contribution in [-0.2, 0) is 0 Å². The molecule has 1 N–H and O–H groups in total. The maximum atomic E-state index is 13.6. The van der Waals surface area contributed by atoms with Crippen molar-refractivity contribution in [2.75, 3.05) is 43.5 Å². The summed E-state index contributed by atoms with van der Waals surface area (Å²) in [6.07, 6.45) is 0. The van der Waals surface area contributed by atoms with Crippen LogP contribution in [-0.4, -0.2) is 54.2 Å². The van der Waals surface area contributed by atoms with Crippen LogP contribution < -0.4 is 15.0 Å². The summed E-state index contributed by atoms with van der Waals surface area (Å²) in [5, 5.41) is 2.61. The molecule has 1 aromatic heterocycles. The first-order chi connectivity index (χ1) is 12.1. The summed E-state index contributed by atoms with van der Waals surface area (Å²) < 4.78 is 18.8. The highest BCUT2D eigenvalue weighted by atomic mass is 19.1. The third kappa shape index (κ3) is 3.96. The van der Waals surface area contributed by atoms with Crippen LogP contribution in [0.5, 0.6) is 5.88 Å². The van der Waals surface area contributed by atoms with E-state index in [1.165, 1.54) is 6.07 Å². The first kappa shape index (κ1) is 16.9. The van der Waals surface area contributed by atoms with Crippen molar-refractivity contribution in [2.24, 2.45) is 0 Å². The van der Waals surface area contributed by atoms with Crippen LogP contribution in [0.1, 0.15) is 5.82 Å². The molecule has 0 unspecified atom stereocenters. The van der Waals surface area contributed by atoms with Gasteiger partial charge in [-0.1, -0.05) is 12.1 Å². The number of carbonyl (C=O) groups excluding carboxylic acids is 1. The van der Waals surface area contributed by atoms with E-state index in [2.05, 4.69) is 20.2 Å². The maximum absolute atomic E-state index is 13.6. The Hall–Kier alpha value is -2.90. The molecule has 0 bridgehead atoms. The normalized spacial score (nSPS) is 14.4. The second kappa shape index (κ2) is 7.33. The first-order valence-corrected chi connectivity index (χ1v) is 8.02. The molecule has 0 atom stereocenters. The van der Waals surface area contributed by atoms with Gasteiger partial charge in [0.05, 0.1) is 12.8 Å². The quantitative estimate of drug-likeness (QED) is 0.924. The van der Waals surface area contributed by atoms with Gasteiger partial charge in [-0.25, -0.2) is 14.2 Å². The zero-order valence-electron chi connectivity index (χ0n) is 14.2. The van der Waals surface area contributed by atoms with Gasteiger partial charge in [-0.2, -0.15) is 4.98 Å². The second-order valence-electron chi connectivity index (χ2n) is 5.70. The third-order valence-electron chi connectivity index (χ3n) is 4.02. The molecule has 0 saturated carbocycles. The minimum absolute atomic E-state index is 0.186. The maximum Gasteiger partial charge on any atom is 0.322 e. The Bertz CT molecular complexity index is 762. The smallest absolute Gasteiger partial charge is 0.322 e. The monoisotopic (exact) mass is 345 g/mol. The lowest BCUT2D eigenvalue weighted by Crippen LogP contribution is -2.50. The van der Waals surface area contributed by atoms with E-state index in [9.17, 15) is 9.18 Å². The summed E-state index contributed by atoms with van der Waals surface area (Å²) in [6.45, 7) is 4.11. The van der Waals surface area contributed by atoms with Crippen molar-refractivity contribution in [3.05, 3.63) is 42.0 Å². The van der Waals surface area contributed by atoms with Gasteiger partial charge in [0, 0.05) is 32.2 Å². The highest BCUT2D eigenvalue weighted by molar-refractivity contribution is 5.89. The number of rotatable bonds is 3. The Kier molecular flexibility index (Phi) is 4.97. The number of para-hydroxylation sites is 1. The van der Waals surface area contributed by atoms with Crippen molar-refractivity contribution in [3.8, 4) is 5.88 Å². The van der Waals surface area contributed by atoms with Gasteiger partial charge in [-0.15, -0.1) is 0 Å². The summed E-state index contributed by atoms with van der Waals surface area (Å²) >= 11 is 0. The molecule has 1 saturated heterocycles. The summed E-state index contributed by atoms with van der Waals surface area (Å²) in [6, 6.07) is 7.60. The predicted octanol–water partition coefficient (Wildman–Crippen LogP) is 2.29. The number of aryl methyl sites for hydroxylation is 1. The minimum Gasteiger partial charge on any atom is -0.481 e. The Morgan fingerprint density at radius 1 is 1.20 bits per heavy atom. The fourth-order valence-electron chi connectivity index (χ4n) is 2.69. The number of nitrogens with zero attached hydrogens (tertiary/aromatic N) is 4. The van der Waals surface area contributed by atoms with E-state index >= 15 is 0 Å². The fourth-order valence-corrected chi connectivity index (χ4v) is 2.69. The number of amides is 2. The summed E-state index contributed by atoms with van der Waals surface area (Å²) in [7, 11) is 1.57. The number of anilines is 2. The van der Waals surface area contributed by atoms with Gasteiger partial charge in [0.1, 0.15) is 17.5 Å². The largest absolute Gasteiger partial charge is 0.481 e. The van der Waals surface area contributed by atoms with Gasteiger partial charge in [0.25, 0.3) is 0 Å². The van der Waals surface area contributed by atoms with E-state index in [0.29, 0.717) is 37.9 Å². The van der Waals surface area contributed by atoms with E-state index < -0.39 is 5.82 Å². The molecule has 8 heteroatoms. The number of hydrogen-bond donors (Lipinski definition) is 1. The number of carbonyl (C=O) groups is 1. The number of ether oxygens (including phenoxy) is 1. The van der Waals surface area contributed by atoms with Crippen molar-refractivity contribution in [3.63, 3.8) is 0 Å². The number of halogens is 1. The van der Waals surface area contributed by atoms with Crippen LogP contribution in [0.2, 0.25) is 0 Å². The van der Waals surface area contributed by atoms with Crippen molar-refractivity contribution in [1.29, 1.82) is 0 Å². The average molecular weight is 345 g/mol. The lowest BCUT2D eigenvalue weighted by Gasteiger charge is -2.35. The SMILES string of the molecule is COc1cc(N2CCN(C(=O)Nc3ccccc3F)CC2)nc(C)n1. The molecule has 0 radical (unpaired) electrons. The standard InChI is InChI=1S/C17H20FN5O2/c1-12-19-15(11-16(20-12)25-2)22-7-9-23(10-8-22)17(24)21-14-6-4-3-5-13(14)18/h3-6,11H,7-10H2,1-2H3,(H,21,24). The van der Waals surface area contributed by atoms with Gasteiger partial charge in [0.2, 0.25) is 5.88 Å². The molecule has 2 aromatic rings. The highest BCUT2D eigenvalue weighted by Gasteiger charge is 2.23. The number of nitrogens with one attached hydrogen (secondary N) is 1. The molecule has 2 heterocycles. The van der Waals surface area contributed by atoms with Crippen LogP contribution in [0.25, 0.3) is 0 Å². The Labute approximate surface area is 145 Å². The van der Waals surface area contributed by atoms with Gasteiger partial charge in [-0.3, -0.25) is 0 Å². The molecular formula is C17H20FN5O2. The van der Waals surface area contributed by atoms with Crippen LogP contribution >= 0.6 is 0 Å². The van der Waals surface area contributed by atoms with E-state index in [1.54, 1.807) is 36.3 Å². The molecule has 132 valence electrons. The van der Waals surface area contributed by atoms with E-state index in [1.807, 2.05) is 6.92 Å². The Balaban J connectivity index is 1.61. The summed E-state index contributed by atoms with van der Waals surface area (Å²) in [4.78, 5) is 24.6. The topological polar surface area (TPSA) is 70.6 Å². The minimum atomic E-state index is -0.446. The fraction of sp³-hybridized carbons (Fsp3) is 0.353. The zero-order chi connectivity index (χ0) is 17.8. The van der Waals surface area contributed by atoms with Crippen LogP contribution in [0.3, 0.4) is 0 Å². The van der Waals surface area contributed by atoms with Crippen molar-refractivity contribution in [2.45, 2.75) is 6.92 Å². The van der Waals surface area contributed by atoms with Gasteiger partial charge < -0.3 is 19.9 Å². The number of aromatic nitrogens is 2. The number of urea groups is 1. The van der Waals surface area contributed by atoms with Crippen molar-refractivity contribution in [1.82, 2.24) is 14.9 Å². The van der Waals surface area contributed by atoms with Gasteiger partial charge in [0.15, 0.2) is 0 Å². The molecule has 0 spiro atoms.